The van der Waals surface area contributed by atoms with E-state index < -0.39 is 9.84 Å². The van der Waals surface area contributed by atoms with Gasteiger partial charge in [-0.05, 0) is 24.7 Å². The Morgan fingerprint density at radius 2 is 1.84 bits per heavy atom. The van der Waals surface area contributed by atoms with Gasteiger partial charge in [0.25, 0.3) is 0 Å². The Morgan fingerprint density at radius 3 is 2.32 bits per heavy atom. The molecular weight excluding hydrogens is 264 g/mol. The van der Waals surface area contributed by atoms with Crippen molar-refractivity contribution < 1.29 is 13.2 Å². The molecular formula is C13H20N2O3S. The van der Waals surface area contributed by atoms with Crippen molar-refractivity contribution in [1.29, 1.82) is 0 Å². The molecule has 1 rings (SSSR count). The minimum atomic E-state index is -3.17. The van der Waals surface area contributed by atoms with Gasteiger partial charge in [0.2, 0.25) is 5.91 Å². The van der Waals surface area contributed by atoms with Gasteiger partial charge in [-0.3, -0.25) is 4.79 Å². The first-order valence-electron chi connectivity index (χ1n) is 6.02. The van der Waals surface area contributed by atoms with Crippen molar-refractivity contribution in [2.45, 2.75) is 17.9 Å². The van der Waals surface area contributed by atoms with Crippen LogP contribution in [0.5, 0.6) is 0 Å². The van der Waals surface area contributed by atoms with Gasteiger partial charge in [0.15, 0.2) is 9.84 Å². The molecule has 0 unspecified atom stereocenters. The molecule has 0 radical (unpaired) electrons. The second-order valence-electron chi connectivity index (χ2n) is 4.52. The van der Waals surface area contributed by atoms with Crippen molar-refractivity contribution in [2.24, 2.45) is 0 Å². The Balaban J connectivity index is 2.65. The fourth-order valence-corrected chi connectivity index (χ4v) is 2.26. The van der Waals surface area contributed by atoms with Gasteiger partial charge in [0.05, 0.1) is 4.90 Å². The van der Waals surface area contributed by atoms with E-state index in [0.29, 0.717) is 24.4 Å². The van der Waals surface area contributed by atoms with Gasteiger partial charge in [0.1, 0.15) is 0 Å². The molecule has 0 saturated heterocycles. The lowest BCUT2D eigenvalue weighted by molar-refractivity contribution is -0.130. The van der Waals surface area contributed by atoms with E-state index in [0.717, 1.165) is 5.56 Å². The Kier molecular flexibility index (Phi) is 5.50. The van der Waals surface area contributed by atoms with Crippen LogP contribution >= 0.6 is 0 Å². The lowest BCUT2D eigenvalue weighted by Crippen LogP contribution is -2.28. The lowest BCUT2D eigenvalue weighted by atomic mass is 10.2. The summed E-state index contributed by atoms with van der Waals surface area (Å²) >= 11 is 0. The van der Waals surface area contributed by atoms with Crippen LogP contribution in [0.3, 0.4) is 0 Å². The molecule has 0 spiro atoms. The third kappa shape index (κ3) is 5.00. The summed E-state index contributed by atoms with van der Waals surface area (Å²) in [5.74, 6) is 0.0570. The van der Waals surface area contributed by atoms with E-state index in [1.165, 1.54) is 6.26 Å². The molecule has 0 heterocycles. The molecule has 0 aromatic heterocycles. The Labute approximate surface area is 114 Å². The van der Waals surface area contributed by atoms with E-state index >= 15 is 0 Å². The van der Waals surface area contributed by atoms with Crippen molar-refractivity contribution >= 4 is 15.7 Å². The Hall–Kier alpha value is -1.40. The maximum atomic E-state index is 11.7. The molecule has 0 aliphatic carbocycles. The average Bonchev–Trinajstić information content (AvgIpc) is 2.35. The molecule has 1 aromatic rings. The molecule has 0 bridgehead atoms. The molecule has 0 saturated carbocycles. The van der Waals surface area contributed by atoms with E-state index in [9.17, 15) is 13.2 Å². The molecule has 0 atom stereocenters. The van der Waals surface area contributed by atoms with Crippen LogP contribution in [-0.2, 0) is 21.2 Å². The molecule has 1 amide bonds. The van der Waals surface area contributed by atoms with E-state index in [4.69, 9.17) is 0 Å². The number of benzene rings is 1. The Bertz CT molecular complexity index is 523. The second-order valence-corrected chi connectivity index (χ2v) is 6.54. The third-order valence-electron chi connectivity index (χ3n) is 2.79. The summed E-state index contributed by atoms with van der Waals surface area (Å²) < 4.78 is 22.6. The molecule has 5 nitrogen and oxygen atoms in total. The summed E-state index contributed by atoms with van der Waals surface area (Å²) in [5, 5.41) is 2.93. The molecule has 1 aromatic carbocycles. The first-order chi connectivity index (χ1) is 8.84. The molecule has 0 fully saturated rings. The predicted molar refractivity (Wildman–Crippen MR) is 74.6 cm³/mol. The van der Waals surface area contributed by atoms with Crippen LogP contribution in [-0.4, -0.2) is 46.1 Å². The monoisotopic (exact) mass is 284 g/mol. The number of amides is 1. The maximum absolute atomic E-state index is 11.7. The normalized spacial score (nSPS) is 11.3. The molecule has 106 valence electrons. The summed E-state index contributed by atoms with van der Waals surface area (Å²) in [7, 11) is 0.376. The van der Waals surface area contributed by atoms with Gasteiger partial charge in [0, 0.05) is 32.8 Å². The highest BCUT2D eigenvalue weighted by Gasteiger charge is 2.10. The highest BCUT2D eigenvalue weighted by molar-refractivity contribution is 7.90. The number of sulfone groups is 1. The summed E-state index contributed by atoms with van der Waals surface area (Å²) in [5.41, 5.74) is 0.910. The fraction of sp³-hybridized carbons (Fsp3) is 0.462. The zero-order valence-corrected chi connectivity index (χ0v) is 12.3. The van der Waals surface area contributed by atoms with E-state index in [1.54, 1.807) is 43.3 Å². The topological polar surface area (TPSA) is 66.5 Å². The first kappa shape index (κ1) is 15.7. The molecule has 0 aliphatic heterocycles. The van der Waals surface area contributed by atoms with Gasteiger partial charge in [-0.25, -0.2) is 8.42 Å². The van der Waals surface area contributed by atoms with Crippen LogP contribution in [0, 0.1) is 0 Å². The second kappa shape index (κ2) is 6.68. The smallest absolute Gasteiger partial charge is 0.223 e. The standard InChI is InChI=1S/C13H20N2O3S/c1-14-9-8-13(16)15(2)10-11-4-6-12(7-5-11)19(3,17)18/h4-7,14H,8-10H2,1-3H3. The number of carbonyl (C=O) groups is 1. The van der Waals surface area contributed by atoms with E-state index in [-0.39, 0.29) is 5.91 Å². The van der Waals surface area contributed by atoms with Gasteiger partial charge >= 0.3 is 0 Å². The summed E-state index contributed by atoms with van der Waals surface area (Å²) in [6, 6.07) is 6.60. The Morgan fingerprint density at radius 1 is 1.26 bits per heavy atom. The quantitative estimate of drug-likeness (QED) is 0.833. The summed E-state index contributed by atoms with van der Waals surface area (Å²) in [6.45, 7) is 1.13. The third-order valence-corrected chi connectivity index (χ3v) is 3.91. The van der Waals surface area contributed by atoms with Crippen molar-refractivity contribution in [3.05, 3.63) is 29.8 Å². The van der Waals surface area contributed by atoms with E-state index in [1.807, 2.05) is 0 Å². The van der Waals surface area contributed by atoms with E-state index in [2.05, 4.69) is 5.32 Å². The largest absolute Gasteiger partial charge is 0.341 e. The first-order valence-corrected chi connectivity index (χ1v) is 7.91. The molecule has 19 heavy (non-hydrogen) atoms. The number of rotatable bonds is 6. The molecule has 0 aliphatic rings. The molecule has 6 heteroatoms. The number of hydrogen-bond acceptors (Lipinski definition) is 4. The zero-order valence-electron chi connectivity index (χ0n) is 11.5. The van der Waals surface area contributed by atoms with Gasteiger partial charge in [-0.1, -0.05) is 12.1 Å². The van der Waals surface area contributed by atoms with Crippen molar-refractivity contribution in [3.63, 3.8) is 0 Å². The summed E-state index contributed by atoms with van der Waals surface area (Å²) in [4.78, 5) is 13.6. The van der Waals surface area contributed by atoms with Crippen molar-refractivity contribution in [3.8, 4) is 0 Å². The molecule has 1 N–H and O–H groups in total. The van der Waals surface area contributed by atoms with Crippen LogP contribution in [0.25, 0.3) is 0 Å². The highest BCUT2D eigenvalue weighted by atomic mass is 32.2. The maximum Gasteiger partial charge on any atom is 0.223 e. The van der Waals surface area contributed by atoms with Gasteiger partial charge < -0.3 is 10.2 Å². The van der Waals surface area contributed by atoms with Crippen LogP contribution < -0.4 is 5.32 Å². The average molecular weight is 284 g/mol. The number of hydrogen-bond donors (Lipinski definition) is 1. The van der Waals surface area contributed by atoms with Crippen molar-refractivity contribution in [1.82, 2.24) is 10.2 Å². The van der Waals surface area contributed by atoms with Crippen LogP contribution in [0.15, 0.2) is 29.2 Å². The lowest BCUT2D eigenvalue weighted by Gasteiger charge is -2.17. The van der Waals surface area contributed by atoms with Crippen LogP contribution in [0.2, 0.25) is 0 Å². The van der Waals surface area contributed by atoms with Crippen LogP contribution in [0.1, 0.15) is 12.0 Å². The minimum absolute atomic E-state index is 0.0570. The number of nitrogens with zero attached hydrogens (tertiary/aromatic N) is 1. The predicted octanol–water partition coefficient (Wildman–Crippen LogP) is 0.658. The van der Waals surface area contributed by atoms with Crippen molar-refractivity contribution in [2.75, 3.05) is 26.9 Å². The van der Waals surface area contributed by atoms with Gasteiger partial charge in [-0.2, -0.15) is 0 Å². The zero-order chi connectivity index (χ0) is 14.5. The SMILES string of the molecule is CNCCC(=O)N(C)Cc1ccc(S(C)(=O)=O)cc1. The van der Waals surface area contributed by atoms with Gasteiger partial charge in [-0.15, -0.1) is 0 Å². The summed E-state index contributed by atoms with van der Waals surface area (Å²) in [6.07, 6.45) is 1.63. The van der Waals surface area contributed by atoms with Crippen LogP contribution in [0.4, 0.5) is 0 Å². The number of nitrogens with one attached hydrogen (secondary N) is 1. The highest BCUT2D eigenvalue weighted by Crippen LogP contribution is 2.11. The fourth-order valence-electron chi connectivity index (χ4n) is 1.63. The number of carbonyl (C=O) groups excluding carboxylic acids is 1. The minimum Gasteiger partial charge on any atom is -0.341 e.